The van der Waals surface area contributed by atoms with Crippen molar-refractivity contribution >= 4 is 5.78 Å². The number of phenolic OH excluding ortho intramolecular Hbond substituents is 1. The average molecular weight is 186 g/mol. The van der Waals surface area contributed by atoms with E-state index in [1.54, 1.807) is 36.4 Å². The molecule has 1 unspecified atom stereocenters. The van der Waals surface area contributed by atoms with E-state index in [1.807, 2.05) is 12.2 Å². The second-order valence-electron chi connectivity index (χ2n) is 3.22. The third kappa shape index (κ3) is 1.59. The smallest absolute Gasteiger partial charge is 0.166 e. The minimum absolute atomic E-state index is 0.0817. The number of aromatic hydroxyl groups is 1. The Bertz CT molecular complexity index is 399. The van der Waals surface area contributed by atoms with Crippen LogP contribution in [0.2, 0.25) is 0 Å². The van der Waals surface area contributed by atoms with Gasteiger partial charge in [-0.2, -0.15) is 0 Å². The molecule has 1 aromatic rings. The van der Waals surface area contributed by atoms with Gasteiger partial charge in [0.1, 0.15) is 5.75 Å². The van der Waals surface area contributed by atoms with Crippen LogP contribution in [0.25, 0.3) is 0 Å². The van der Waals surface area contributed by atoms with Gasteiger partial charge in [0, 0.05) is 0 Å². The zero-order valence-corrected chi connectivity index (χ0v) is 7.55. The Kier molecular flexibility index (Phi) is 2.19. The number of hydrogen-bond acceptors (Lipinski definition) is 2. The molecule has 0 saturated carbocycles. The molecule has 0 saturated heterocycles. The Morgan fingerprint density at radius 1 is 1.07 bits per heavy atom. The fourth-order valence-corrected chi connectivity index (χ4v) is 1.48. The number of ketones is 1. The molecule has 70 valence electrons. The molecule has 0 aliphatic heterocycles. The summed E-state index contributed by atoms with van der Waals surface area (Å²) >= 11 is 0. The summed E-state index contributed by atoms with van der Waals surface area (Å²) in [4.78, 5) is 11.5. The van der Waals surface area contributed by atoms with E-state index < -0.39 is 0 Å². The van der Waals surface area contributed by atoms with Crippen LogP contribution in [0.15, 0.2) is 48.6 Å². The lowest BCUT2D eigenvalue weighted by atomic mass is 9.91. The van der Waals surface area contributed by atoms with Gasteiger partial charge in [-0.1, -0.05) is 30.4 Å². The van der Waals surface area contributed by atoms with Gasteiger partial charge in [-0.05, 0) is 23.8 Å². The second-order valence-corrected chi connectivity index (χ2v) is 3.22. The molecule has 0 heterocycles. The summed E-state index contributed by atoms with van der Waals surface area (Å²) in [7, 11) is 0. The summed E-state index contributed by atoms with van der Waals surface area (Å²) in [5, 5.41) is 9.10. The van der Waals surface area contributed by atoms with Crippen LogP contribution >= 0.6 is 0 Å². The van der Waals surface area contributed by atoms with E-state index in [1.165, 1.54) is 0 Å². The molecule has 0 bridgehead atoms. The largest absolute Gasteiger partial charge is 0.508 e. The second kappa shape index (κ2) is 3.50. The Labute approximate surface area is 82.2 Å². The third-order valence-electron chi connectivity index (χ3n) is 2.23. The highest BCUT2D eigenvalue weighted by molar-refractivity contribution is 5.98. The predicted molar refractivity (Wildman–Crippen MR) is 54.1 cm³/mol. The number of benzene rings is 1. The first-order chi connectivity index (χ1) is 6.77. The van der Waals surface area contributed by atoms with E-state index >= 15 is 0 Å². The van der Waals surface area contributed by atoms with Crippen LogP contribution in [0, 0.1) is 0 Å². The highest BCUT2D eigenvalue weighted by Gasteiger charge is 2.16. The molecular weight excluding hydrogens is 176 g/mol. The van der Waals surface area contributed by atoms with E-state index in [4.69, 9.17) is 5.11 Å². The van der Waals surface area contributed by atoms with Gasteiger partial charge in [-0.3, -0.25) is 4.79 Å². The summed E-state index contributed by atoms with van der Waals surface area (Å²) in [6.45, 7) is 0. The van der Waals surface area contributed by atoms with Crippen molar-refractivity contribution in [2.24, 2.45) is 0 Å². The molecule has 1 aliphatic carbocycles. The Hall–Kier alpha value is -1.83. The van der Waals surface area contributed by atoms with E-state index in [0.717, 1.165) is 5.56 Å². The van der Waals surface area contributed by atoms with Gasteiger partial charge in [0.25, 0.3) is 0 Å². The minimum atomic E-state index is -0.194. The first-order valence-electron chi connectivity index (χ1n) is 4.45. The lowest BCUT2D eigenvalue weighted by Gasteiger charge is -2.11. The maximum Gasteiger partial charge on any atom is 0.166 e. The summed E-state index contributed by atoms with van der Waals surface area (Å²) in [6, 6.07) is 6.71. The third-order valence-corrected chi connectivity index (χ3v) is 2.23. The average Bonchev–Trinajstić information content (AvgIpc) is 2.20. The zero-order valence-electron chi connectivity index (χ0n) is 7.55. The molecule has 1 aliphatic rings. The van der Waals surface area contributed by atoms with Gasteiger partial charge in [0.2, 0.25) is 0 Å². The molecule has 0 fully saturated rings. The molecule has 2 nitrogen and oxygen atoms in total. The Morgan fingerprint density at radius 2 is 1.79 bits per heavy atom. The van der Waals surface area contributed by atoms with Crippen LogP contribution in [-0.2, 0) is 4.79 Å². The summed E-state index contributed by atoms with van der Waals surface area (Å²) in [6.07, 6.45) is 7.02. The Balaban J connectivity index is 2.31. The molecule has 0 spiro atoms. The quantitative estimate of drug-likeness (QED) is 0.729. The van der Waals surface area contributed by atoms with Gasteiger partial charge >= 0.3 is 0 Å². The number of allylic oxidation sites excluding steroid dienone is 4. The summed E-state index contributed by atoms with van der Waals surface area (Å²) in [5.41, 5.74) is 0.911. The summed E-state index contributed by atoms with van der Waals surface area (Å²) < 4.78 is 0. The van der Waals surface area contributed by atoms with E-state index in [0.29, 0.717) is 0 Å². The van der Waals surface area contributed by atoms with Gasteiger partial charge in [0.15, 0.2) is 5.78 Å². The fraction of sp³-hybridized carbons (Fsp3) is 0.0833. The molecule has 14 heavy (non-hydrogen) atoms. The molecule has 2 rings (SSSR count). The first kappa shape index (κ1) is 8.75. The van der Waals surface area contributed by atoms with Crippen molar-refractivity contribution in [3.63, 3.8) is 0 Å². The maximum atomic E-state index is 11.5. The van der Waals surface area contributed by atoms with Crippen molar-refractivity contribution in [1.82, 2.24) is 0 Å². The fourth-order valence-electron chi connectivity index (χ4n) is 1.48. The molecule has 1 aromatic carbocycles. The van der Waals surface area contributed by atoms with Crippen molar-refractivity contribution in [2.45, 2.75) is 5.92 Å². The van der Waals surface area contributed by atoms with Crippen molar-refractivity contribution in [2.75, 3.05) is 0 Å². The molecule has 0 amide bonds. The van der Waals surface area contributed by atoms with Crippen molar-refractivity contribution in [1.29, 1.82) is 0 Å². The summed E-state index contributed by atoms with van der Waals surface area (Å²) in [5.74, 6) is 0.107. The normalized spacial score (nSPS) is 20.0. The minimum Gasteiger partial charge on any atom is -0.508 e. The van der Waals surface area contributed by atoms with Gasteiger partial charge in [-0.25, -0.2) is 0 Å². The molecular formula is C12H10O2. The number of carbonyl (C=O) groups excluding carboxylic acids is 1. The number of carbonyl (C=O) groups is 1. The molecule has 0 aromatic heterocycles. The molecule has 1 N–H and O–H groups in total. The SMILES string of the molecule is O=C1C=CC=CC1c1ccc(O)cc1. The standard InChI is InChI=1S/C12H10O2/c13-10-7-5-9(6-8-10)11-3-1-2-4-12(11)14/h1-8,11,13H. The van der Waals surface area contributed by atoms with Crippen LogP contribution in [0.1, 0.15) is 11.5 Å². The van der Waals surface area contributed by atoms with E-state index in [2.05, 4.69) is 0 Å². The Morgan fingerprint density at radius 3 is 2.43 bits per heavy atom. The highest BCUT2D eigenvalue weighted by Crippen LogP contribution is 2.23. The van der Waals surface area contributed by atoms with Crippen LogP contribution in [-0.4, -0.2) is 10.9 Å². The van der Waals surface area contributed by atoms with Crippen LogP contribution in [0.5, 0.6) is 5.75 Å². The lowest BCUT2D eigenvalue weighted by molar-refractivity contribution is -0.115. The first-order valence-corrected chi connectivity index (χ1v) is 4.45. The van der Waals surface area contributed by atoms with Crippen molar-refractivity contribution in [3.8, 4) is 5.75 Å². The van der Waals surface area contributed by atoms with E-state index in [-0.39, 0.29) is 17.5 Å². The van der Waals surface area contributed by atoms with Gasteiger partial charge in [0.05, 0.1) is 5.92 Å². The predicted octanol–water partition coefficient (Wildman–Crippen LogP) is 2.17. The number of rotatable bonds is 1. The number of hydrogen-bond donors (Lipinski definition) is 1. The van der Waals surface area contributed by atoms with Crippen LogP contribution in [0.3, 0.4) is 0 Å². The zero-order chi connectivity index (χ0) is 9.97. The van der Waals surface area contributed by atoms with Crippen LogP contribution < -0.4 is 0 Å². The highest BCUT2D eigenvalue weighted by atomic mass is 16.3. The van der Waals surface area contributed by atoms with Crippen LogP contribution in [0.4, 0.5) is 0 Å². The molecule has 2 heteroatoms. The van der Waals surface area contributed by atoms with E-state index in [9.17, 15) is 4.79 Å². The van der Waals surface area contributed by atoms with Gasteiger partial charge in [-0.15, -0.1) is 0 Å². The lowest BCUT2D eigenvalue weighted by Crippen LogP contribution is -2.09. The topological polar surface area (TPSA) is 37.3 Å². The maximum absolute atomic E-state index is 11.5. The molecule has 0 radical (unpaired) electrons. The van der Waals surface area contributed by atoms with Crippen molar-refractivity contribution < 1.29 is 9.90 Å². The monoisotopic (exact) mass is 186 g/mol. The molecule has 1 atom stereocenters. The van der Waals surface area contributed by atoms with Crippen molar-refractivity contribution in [3.05, 3.63) is 54.1 Å². The van der Waals surface area contributed by atoms with Gasteiger partial charge < -0.3 is 5.11 Å². The number of phenols is 1.